The quantitative estimate of drug-likeness (QED) is 0.423. The average molecular weight is 473 g/mol. The molecule has 2 aromatic carbocycles. The average Bonchev–Trinajstić information content (AvgIpc) is 3.18. The van der Waals surface area contributed by atoms with Gasteiger partial charge in [0.25, 0.3) is 5.56 Å². The third-order valence-electron chi connectivity index (χ3n) is 4.83. The maximum atomic E-state index is 12.6. The molecule has 0 radical (unpaired) electrons. The molecule has 0 fully saturated rings. The van der Waals surface area contributed by atoms with Gasteiger partial charge in [0.2, 0.25) is 5.91 Å². The van der Waals surface area contributed by atoms with Crippen molar-refractivity contribution in [3.05, 3.63) is 85.3 Å². The van der Waals surface area contributed by atoms with Crippen molar-refractivity contribution in [2.45, 2.75) is 26.3 Å². The van der Waals surface area contributed by atoms with Gasteiger partial charge >= 0.3 is 0 Å². The summed E-state index contributed by atoms with van der Waals surface area (Å²) in [5, 5.41) is 4.86. The molecule has 0 spiro atoms. The standard InChI is InChI=1S/C22H18Cl2N4O2S/c1-13-4-2-6-16-20(13)26-12-28(21(16)30)9-8-18(29)27-22-25-11-15(31-22)10-14-5-3-7-17(23)19(14)24/h2-7,11-12H,8-10H2,1H3,(H,25,27,29). The molecule has 4 aromatic rings. The fourth-order valence-corrected chi connectivity index (χ4v) is 4.46. The van der Waals surface area contributed by atoms with Gasteiger partial charge in [-0.1, -0.05) is 47.5 Å². The number of nitrogens with zero attached hydrogens (tertiary/aromatic N) is 3. The molecule has 1 amide bonds. The maximum absolute atomic E-state index is 12.6. The van der Waals surface area contributed by atoms with E-state index in [9.17, 15) is 9.59 Å². The van der Waals surface area contributed by atoms with Crippen LogP contribution in [0.25, 0.3) is 10.9 Å². The molecule has 0 atom stereocenters. The summed E-state index contributed by atoms with van der Waals surface area (Å²) in [6.45, 7) is 2.15. The van der Waals surface area contributed by atoms with Crippen molar-refractivity contribution in [3.63, 3.8) is 0 Å². The van der Waals surface area contributed by atoms with Gasteiger partial charge in [-0.2, -0.15) is 0 Å². The van der Waals surface area contributed by atoms with Gasteiger partial charge in [-0.05, 0) is 30.2 Å². The second kappa shape index (κ2) is 9.18. The summed E-state index contributed by atoms with van der Waals surface area (Å²) in [6.07, 6.45) is 3.90. The number of aryl methyl sites for hydroxylation is 2. The number of benzene rings is 2. The first-order valence-corrected chi connectivity index (χ1v) is 11.1. The number of carbonyl (C=O) groups is 1. The Labute approximate surface area is 192 Å². The van der Waals surface area contributed by atoms with Gasteiger partial charge in [0.15, 0.2) is 5.13 Å². The number of fused-ring (bicyclic) bond motifs is 1. The van der Waals surface area contributed by atoms with Crippen LogP contribution in [-0.4, -0.2) is 20.4 Å². The Morgan fingerprint density at radius 3 is 2.81 bits per heavy atom. The number of para-hydroxylation sites is 1. The van der Waals surface area contributed by atoms with E-state index in [0.717, 1.165) is 16.0 Å². The van der Waals surface area contributed by atoms with Crippen molar-refractivity contribution in [1.82, 2.24) is 14.5 Å². The lowest BCUT2D eigenvalue weighted by molar-refractivity contribution is -0.116. The van der Waals surface area contributed by atoms with Crippen LogP contribution in [0.2, 0.25) is 10.0 Å². The van der Waals surface area contributed by atoms with Gasteiger partial charge in [0, 0.05) is 30.5 Å². The highest BCUT2D eigenvalue weighted by Gasteiger charge is 2.11. The molecule has 31 heavy (non-hydrogen) atoms. The Bertz CT molecular complexity index is 1330. The Morgan fingerprint density at radius 2 is 1.97 bits per heavy atom. The fourth-order valence-electron chi connectivity index (χ4n) is 3.22. The van der Waals surface area contributed by atoms with E-state index >= 15 is 0 Å². The predicted octanol–water partition coefficient (Wildman–Crippen LogP) is 5.09. The number of aromatic nitrogens is 3. The van der Waals surface area contributed by atoms with Crippen molar-refractivity contribution < 1.29 is 4.79 Å². The van der Waals surface area contributed by atoms with Gasteiger partial charge in [-0.25, -0.2) is 9.97 Å². The van der Waals surface area contributed by atoms with Crippen molar-refractivity contribution in [2.75, 3.05) is 5.32 Å². The van der Waals surface area contributed by atoms with Crippen molar-refractivity contribution in [2.24, 2.45) is 0 Å². The summed E-state index contributed by atoms with van der Waals surface area (Å²) in [6, 6.07) is 11.0. The van der Waals surface area contributed by atoms with Gasteiger partial charge in [-0.15, -0.1) is 11.3 Å². The second-order valence-electron chi connectivity index (χ2n) is 7.03. The van der Waals surface area contributed by atoms with Crippen LogP contribution in [0.1, 0.15) is 22.4 Å². The van der Waals surface area contributed by atoms with Crippen LogP contribution in [-0.2, 0) is 17.8 Å². The van der Waals surface area contributed by atoms with Crippen LogP contribution >= 0.6 is 34.5 Å². The number of hydrogen-bond donors (Lipinski definition) is 1. The molecule has 9 heteroatoms. The number of amides is 1. The smallest absolute Gasteiger partial charge is 0.261 e. The zero-order valence-electron chi connectivity index (χ0n) is 16.6. The minimum Gasteiger partial charge on any atom is -0.302 e. The third-order valence-corrected chi connectivity index (χ3v) is 6.60. The molecule has 0 aliphatic heterocycles. The summed E-state index contributed by atoms with van der Waals surface area (Å²) in [4.78, 5) is 34.6. The number of thiazole rings is 1. The highest BCUT2D eigenvalue weighted by atomic mass is 35.5. The van der Waals surface area contributed by atoms with Gasteiger partial charge in [0.05, 0.1) is 27.3 Å². The molecule has 0 saturated carbocycles. The SMILES string of the molecule is Cc1cccc2c(=O)n(CCC(=O)Nc3ncc(Cc4cccc(Cl)c4Cl)s3)cnc12. The van der Waals surface area contributed by atoms with Gasteiger partial charge in [-0.3, -0.25) is 14.2 Å². The number of halogens is 2. The molecular formula is C22H18Cl2N4O2S. The lowest BCUT2D eigenvalue weighted by atomic mass is 10.1. The first kappa shape index (κ1) is 21.5. The minimum absolute atomic E-state index is 0.133. The van der Waals surface area contributed by atoms with Crippen molar-refractivity contribution in [1.29, 1.82) is 0 Å². The largest absolute Gasteiger partial charge is 0.302 e. The number of rotatable bonds is 6. The van der Waals surface area contributed by atoms with Crippen molar-refractivity contribution in [3.8, 4) is 0 Å². The Hall–Kier alpha value is -2.74. The summed E-state index contributed by atoms with van der Waals surface area (Å²) in [7, 11) is 0. The molecule has 4 rings (SSSR count). The Balaban J connectivity index is 1.39. The zero-order chi connectivity index (χ0) is 22.0. The van der Waals surface area contributed by atoms with E-state index in [1.165, 1.54) is 22.2 Å². The topological polar surface area (TPSA) is 76.9 Å². The highest BCUT2D eigenvalue weighted by molar-refractivity contribution is 7.15. The molecule has 0 aliphatic rings. The first-order chi connectivity index (χ1) is 14.9. The number of anilines is 1. The van der Waals surface area contributed by atoms with Crippen molar-refractivity contribution >= 4 is 56.5 Å². The molecule has 2 heterocycles. The van der Waals surface area contributed by atoms with E-state index in [-0.39, 0.29) is 24.4 Å². The van der Waals surface area contributed by atoms with Gasteiger partial charge < -0.3 is 5.32 Å². The third kappa shape index (κ3) is 4.79. The first-order valence-electron chi connectivity index (χ1n) is 9.54. The molecule has 158 valence electrons. The molecule has 6 nitrogen and oxygen atoms in total. The van der Waals surface area contributed by atoms with Crippen LogP contribution in [0.15, 0.2) is 53.7 Å². The van der Waals surface area contributed by atoms with E-state index in [1.807, 2.05) is 31.2 Å². The molecule has 2 aromatic heterocycles. The van der Waals surface area contributed by atoms with E-state index in [0.29, 0.717) is 32.5 Å². The van der Waals surface area contributed by atoms with E-state index in [1.54, 1.807) is 18.3 Å². The van der Waals surface area contributed by atoms with Crippen LogP contribution in [0, 0.1) is 6.92 Å². The summed E-state index contributed by atoms with van der Waals surface area (Å²) >= 11 is 13.7. The predicted molar refractivity (Wildman–Crippen MR) is 125 cm³/mol. The van der Waals surface area contributed by atoms with E-state index in [4.69, 9.17) is 23.2 Å². The lowest BCUT2D eigenvalue weighted by Crippen LogP contribution is -2.23. The maximum Gasteiger partial charge on any atom is 0.261 e. The van der Waals surface area contributed by atoms with E-state index in [2.05, 4.69) is 15.3 Å². The van der Waals surface area contributed by atoms with Crippen LogP contribution in [0.5, 0.6) is 0 Å². The highest BCUT2D eigenvalue weighted by Crippen LogP contribution is 2.29. The summed E-state index contributed by atoms with van der Waals surface area (Å²) < 4.78 is 1.45. The zero-order valence-corrected chi connectivity index (χ0v) is 18.9. The van der Waals surface area contributed by atoms with Crippen LogP contribution in [0.3, 0.4) is 0 Å². The second-order valence-corrected chi connectivity index (χ2v) is 8.93. The molecule has 0 unspecified atom stereocenters. The molecule has 0 saturated heterocycles. The summed E-state index contributed by atoms with van der Waals surface area (Å²) in [5.41, 5.74) is 2.37. The molecular weight excluding hydrogens is 455 g/mol. The number of nitrogens with one attached hydrogen (secondary N) is 1. The minimum atomic E-state index is -0.224. The van der Waals surface area contributed by atoms with E-state index < -0.39 is 0 Å². The number of carbonyl (C=O) groups excluding carboxylic acids is 1. The molecule has 0 bridgehead atoms. The Kier molecular flexibility index (Phi) is 6.36. The monoisotopic (exact) mass is 472 g/mol. The van der Waals surface area contributed by atoms with Crippen LogP contribution < -0.4 is 10.9 Å². The van der Waals surface area contributed by atoms with Crippen LogP contribution in [0.4, 0.5) is 5.13 Å². The Morgan fingerprint density at radius 1 is 1.16 bits per heavy atom. The van der Waals surface area contributed by atoms with Gasteiger partial charge in [0.1, 0.15) is 0 Å². The molecule has 1 N–H and O–H groups in total. The number of hydrogen-bond acceptors (Lipinski definition) is 5. The fraction of sp³-hybridized carbons (Fsp3) is 0.182. The normalized spacial score (nSPS) is 11.1. The molecule has 0 aliphatic carbocycles. The lowest BCUT2D eigenvalue weighted by Gasteiger charge is -2.07. The summed E-state index contributed by atoms with van der Waals surface area (Å²) in [5.74, 6) is -0.224.